The van der Waals surface area contributed by atoms with Crippen LogP contribution in [0.3, 0.4) is 0 Å². The van der Waals surface area contributed by atoms with E-state index in [4.69, 9.17) is 14.9 Å². The van der Waals surface area contributed by atoms with Gasteiger partial charge in [-0.25, -0.2) is 0 Å². The van der Waals surface area contributed by atoms with Crippen molar-refractivity contribution >= 4 is 12.4 Å². The molecule has 0 radical (unpaired) electrons. The monoisotopic (exact) mass is 333 g/mol. The number of hydrogen-bond acceptors (Lipinski definition) is 5. The number of para-hydroxylation sites is 2. The highest BCUT2D eigenvalue weighted by Crippen LogP contribution is 2.24. The zero-order chi connectivity index (χ0) is 15.3. The number of halogens is 1. The molecule has 1 rings (SSSR count). The third kappa shape index (κ3) is 9.10. The molecule has 0 saturated heterocycles. The summed E-state index contributed by atoms with van der Waals surface area (Å²) in [7, 11) is 0. The molecule has 0 unspecified atom stereocenters. The topological polar surface area (TPSA) is 73.2 Å². The molecule has 0 atom stereocenters. The lowest BCUT2D eigenvalue weighted by Crippen LogP contribution is -2.30. The number of rotatable bonds is 12. The van der Waals surface area contributed by atoms with Crippen molar-refractivity contribution in [2.24, 2.45) is 0 Å². The highest BCUT2D eigenvalue weighted by Gasteiger charge is 2.03. The lowest BCUT2D eigenvalue weighted by atomic mass is 10.2. The SMILES string of the molecule is Cl.OCCN(CCO)CCCCCCOc1ccccc1O. The largest absolute Gasteiger partial charge is 0.504 e. The second-order valence-electron chi connectivity index (χ2n) is 5.02. The van der Waals surface area contributed by atoms with E-state index in [-0.39, 0.29) is 31.4 Å². The molecule has 1 aromatic carbocycles. The van der Waals surface area contributed by atoms with Crippen molar-refractivity contribution in [3.63, 3.8) is 0 Å². The van der Waals surface area contributed by atoms with E-state index in [1.54, 1.807) is 18.2 Å². The van der Waals surface area contributed by atoms with Crippen molar-refractivity contribution in [3.05, 3.63) is 24.3 Å². The van der Waals surface area contributed by atoms with Gasteiger partial charge in [0.25, 0.3) is 0 Å². The highest BCUT2D eigenvalue weighted by molar-refractivity contribution is 5.85. The van der Waals surface area contributed by atoms with Crippen molar-refractivity contribution in [2.75, 3.05) is 39.5 Å². The number of benzene rings is 1. The van der Waals surface area contributed by atoms with Crippen molar-refractivity contribution in [2.45, 2.75) is 25.7 Å². The van der Waals surface area contributed by atoms with E-state index in [9.17, 15) is 5.11 Å². The summed E-state index contributed by atoms with van der Waals surface area (Å²) < 4.78 is 5.52. The predicted molar refractivity (Wildman–Crippen MR) is 89.9 cm³/mol. The average Bonchev–Trinajstić information content (AvgIpc) is 2.48. The van der Waals surface area contributed by atoms with Crippen molar-refractivity contribution in [3.8, 4) is 11.5 Å². The summed E-state index contributed by atoms with van der Waals surface area (Å²) in [6.45, 7) is 3.02. The number of aromatic hydroxyl groups is 1. The average molecular weight is 334 g/mol. The second-order valence-corrected chi connectivity index (χ2v) is 5.02. The molecular formula is C16H28ClNO4. The Labute approximate surface area is 138 Å². The zero-order valence-electron chi connectivity index (χ0n) is 13.0. The molecule has 0 spiro atoms. The molecular weight excluding hydrogens is 306 g/mol. The summed E-state index contributed by atoms with van der Waals surface area (Å²) in [6, 6.07) is 6.99. The molecule has 3 N–H and O–H groups in total. The first-order valence-corrected chi connectivity index (χ1v) is 7.62. The van der Waals surface area contributed by atoms with Crippen LogP contribution in [0.2, 0.25) is 0 Å². The van der Waals surface area contributed by atoms with Gasteiger partial charge in [-0.1, -0.05) is 25.0 Å². The van der Waals surface area contributed by atoms with E-state index in [0.717, 1.165) is 32.2 Å². The molecule has 22 heavy (non-hydrogen) atoms. The first-order valence-electron chi connectivity index (χ1n) is 7.62. The van der Waals surface area contributed by atoms with Gasteiger partial charge in [0.2, 0.25) is 0 Å². The lowest BCUT2D eigenvalue weighted by Gasteiger charge is -2.19. The van der Waals surface area contributed by atoms with Crippen LogP contribution >= 0.6 is 12.4 Å². The van der Waals surface area contributed by atoms with Gasteiger partial charge in [0.05, 0.1) is 19.8 Å². The summed E-state index contributed by atoms with van der Waals surface area (Å²) in [5, 5.41) is 27.4. The number of hydrogen-bond donors (Lipinski definition) is 3. The van der Waals surface area contributed by atoms with Crippen molar-refractivity contribution < 1.29 is 20.1 Å². The highest BCUT2D eigenvalue weighted by atomic mass is 35.5. The molecule has 6 heteroatoms. The van der Waals surface area contributed by atoms with Gasteiger partial charge >= 0.3 is 0 Å². The Morgan fingerprint density at radius 3 is 2.14 bits per heavy atom. The fourth-order valence-electron chi connectivity index (χ4n) is 2.17. The predicted octanol–water partition coefficient (Wildman–Crippen LogP) is 2.04. The third-order valence-electron chi connectivity index (χ3n) is 3.32. The van der Waals surface area contributed by atoms with E-state index in [1.165, 1.54) is 0 Å². The molecule has 0 bridgehead atoms. The van der Waals surface area contributed by atoms with Crippen LogP contribution in [0.15, 0.2) is 24.3 Å². The van der Waals surface area contributed by atoms with Crippen LogP contribution in [0.5, 0.6) is 11.5 Å². The standard InChI is InChI=1S/C16H27NO4.ClH/c18-12-10-17(11-13-19)9-5-1-2-6-14-21-16-8-4-3-7-15(16)20;/h3-4,7-8,18-20H,1-2,5-6,9-14H2;1H. The molecule has 0 aliphatic heterocycles. The Hall–Kier alpha value is -1.01. The molecule has 0 heterocycles. The second kappa shape index (κ2) is 13.6. The van der Waals surface area contributed by atoms with Crippen LogP contribution in [0.25, 0.3) is 0 Å². The molecule has 0 fully saturated rings. The van der Waals surface area contributed by atoms with Gasteiger partial charge in [0.15, 0.2) is 11.5 Å². The van der Waals surface area contributed by atoms with Gasteiger partial charge in [-0.15, -0.1) is 12.4 Å². The van der Waals surface area contributed by atoms with Crippen LogP contribution in [0.4, 0.5) is 0 Å². The molecule has 0 aliphatic rings. The molecule has 0 aromatic heterocycles. The maximum atomic E-state index is 9.54. The maximum absolute atomic E-state index is 9.54. The molecule has 5 nitrogen and oxygen atoms in total. The van der Waals surface area contributed by atoms with Crippen molar-refractivity contribution in [1.29, 1.82) is 0 Å². The van der Waals surface area contributed by atoms with E-state index < -0.39 is 0 Å². The molecule has 1 aromatic rings. The van der Waals surface area contributed by atoms with Crippen molar-refractivity contribution in [1.82, 2.24) is 4.90 Å². The Kier molecular flexibility index (Phi) is 13.0. The summed E-state index contributed by atoms with van der Waals surface area (Å²) >= 11 is 0. The van der Waals surface area contributed by atoms with E-state index >= 15 is 0 Å². The van der Waals surface area contributed by atoms with Gasteiger partial charge in [0.1, 0.15) is 0 Å². The fraction of sp³-hybridized carbons (Fsp3) is 0.625. The number of aliphatic hydroxyl groups excluding tert-OH is 2. The quantitative estimate of drug-likeness (QED) is 0.510. The van der Waals surface area contributed by atoms with Crippen LogP contribution < -0.4 is 4.74 Å². The van der Waals surface area contributed by atoms with Gasteiger partial charge in [0, 0.05) is 13.1 Å². The van der Waals surface area contributed by atoms with E-state index in [0.29, 0.717) is 25.4 Å². The molecule has 0 aliphatic carbocycles. The summed E-state index contributed by atoms with van der Waals surface area (Å²) in [5.74, 6) is 0.718. The first-order chi connectivity index (χ1) is 10.3. The van der Waals surface area contributed by atoms with Gasteiger partial charge in [-0.05, 0) is 31.5 Å². The summed E-state index contributed by atoms with van der Waals surface area (Å²) in [5.41, 5.74) is 0. The zero-order valence-corrected chi connectivity index (χ0v) is 13.8. The van der Waals surface area contributed by atoms with Gasteiger partial charge in [-0.3, -0.25) is 4.90 Å². The number of ether oxygens (including phenoxy) is 1. The molecule has 128 valence electrons. The smallest absolute Gasteiger partial charge is 0.160 e. The van der Waals surface area contributed by atoms with Crippen LogP contribution in [0, 0.1) is 0 Å². The number of phenols is 1. The molecule has 0 amide bonds. The first kappa shape index (κ1) is 21.0. The van der Waals surface area contributed by atoms with Gasteiger partial charge < -0.3 is 20.1 Å². The van der Waals surface area contributed by atoms with Crippen LogP contribution in [0.1, 0.15) is 25.7 Å². The number of aliphatic hydroxyl groups is 2. The van der Waals surface area contributed by atoms with E-state index in [1.807, 2.05) is 6.07 Å². The number of phenolic OH excluding ortho intramolecular Hbond substituents is 1. The van der Waals surface area contributed by atoms with Gasteiger partial charge in [-0.2, -0.15) is 0 Å². The minimum Gasteiger partial charge on any atom is -0.504 e. The third-order valence-corrected chi connectivity index (χ3v) is 3.32. The van der Waals surface area contributed by atoms with Crippen LogP contribution in [-0.4, -0.2) is 59.7 Å². The number of unbranched alkanes of at least 4 members (excludes halogenated alkanes) is 3. The fourth-order valence-corrected chi connectivity index (χ4v) is 2.17. The molecule has 0 saturated carbocycles. The minimum atomic E-state index is 0. The Morgan fingerprint density at radius 1 is 0.864 bits per heavy atom. The van der Waals surface area contributed by atoms with Crippen LogP contribution in [-0.2, 0) is 0 Å². The maximum Gasteiger partial charge on any atom is 0.160 e. The Morgan fingerprint density at radius 2 is 1.50 bits per heavy atom. The minimum absolute atomic E-state index is 0. The summed E-state index contributed by atoms with van der Waals surface area (Å²) in [6.07, 6.45) is 4.17. The number of nitrogens with zero attached hydrogens (tertiary/aromatic N) is 1. The Bertz CT molecular complexity index is 373. The van der Waals surface area contributed by atoms with E-state index in [2.05, 4.69) is 4.90 Å². The normalized spacial score (nSPS) is 10.5. The Balaban J connectivity index is 0.00000441. The summed E-state index contributed by atoms with van der Waals surface area (Å²) in [4.78, 5) is 2.07. The lowest BCUT2D eigenvalue weighted by molar-refractivity contribution is 0.159.